The quantitative estimate of drug-likeness (QED) is 0.719. The van der Waals surface area contributed by atoms with Crippen molar-refractivity contribution >= 4 is 11.6 Å². The molecule has 26 heavy (non-hydrogen) atoms. The van der Waals surface area contributed by atoms with Gasteiger partial charge in [0.1, 0.15) is 0 Å². The van der Waals surface area contributed by atoms with Crippen LogP contribution in [-0.4, -0.2) is 37.0 Å². The summed E-state index contributed by atoms with van der Waals surface area (Å²) in [4.78, 5) is 15.3. The molecule has 1 aliphatic carbocycles. The van der Waals surface area contributed by atoms with Crippen molar-refractivity contribution in [2.24, 2.45) is 5.92 Å². The number of amides is 1. The fourth-order valence-corrected chi connectivity index (χ4v) is 3.22. The Balaban J connectivity index is 1.77. The first kappa shape index (κ1) is 18.8. The maximum atomic E-state index is 13.0. The minimum absolute atomic E-state index is 0.0203. The zero-order chi connectivity index (χ0) is 19.1. The van der Waals surface area contributed by atoms with Crippen LogP contribution in [0, 0.1) is 5.92 Å². The molecule has 1 aromatic carbocycles. The molecule has 0 atom stereocenters. The van der Waals surface area contributed by atoms with Crippen LogP contribution in [-0.2, 0) is 17.1 Å². The molecule has 1 saturated heterocycles. The predicted molar refractivity (Wildman–Crippen MR) is 82.6 cm³/mol. The van der Waals surface area contributed by atoms with Crippen molar-refractivity contribution in [2.45, 2.75) is 31.6 Å². The summed E-state index contributed by atoms with van der Waals surface area (Å²) in [5.41, 5.74) is -2.77. The second-order valence-corrected chi connectivity index (χ2v) is 6.70. The van der Waals surface area contributed by atoms with E-state index in [2.05, 4.69) is 0 Å². The molecule has 2 aliphatic rings. The second kappa shape index (κ2) is 6.66. The number of rotatable bonds is 2. The summed E-state index contributed by atoms with van der Waals surface area (Å²) in [6.45, 7) is 1.01. The maximum absolute atomic E-state index is 13.0. The van der Waals surface area contributed by atoms with E-state index < -0.39 is 23.5 Å². The Morgan fingerprint density at radius 2 is 1.35 bits per heavy atom. The number of hydrogen-bond acceptors (Lipinski definition) is 2. The van der Waals surface area contributed by atoms with Gasteiger partial charge in [-0.1, -0.05) is 6.42 Å². The Kier molecular flexibility index (Phi) is 4.83. The largest absolute Gasteiger partial charge is 0.416 e. The monoisotopic (exact) mass is 380 g/mol. The first-order chi connectivity index (χ1) is 12.1. The number of nitrogens with zero attached hydrogens (tertiary/aromatic N) is 2. The lowest BCUT2D eigenvalue weighted by molar-refractivity contribution is -0.143. The molecule has 0 unspecified atom stereocenters. The zero-order valence-corrected chi connectivity index (χ0v) is 13.8. The summed E-state index contributed by atoms with van der Waals surface area (Å²) < 4.78 is 77.8. The lowest BCUT2D eigenvalue weighted by Gasteiger charge is -2.39. The molecule has 0 bridgehead atoms. The molecule has 1 aliphatic heterocycles. The van der Waals surface area contributed by atoms with Gasteiger partial charge in [-0.25, -0.2) is 0 Å². The summed E-state index contributed by atoms with van der Waals surface area (Å²) in [7, 11) is 0. The highest BCUT2D eigenvalue weighted by Gasteiger charge is 2.38. The van der Waals surface area contributed by atoms with Crippen LogP contribution in [0.5, 0.6) is 0 Å². The number of piperazine rings is 1. The molecule has 1 saturated carbocycles. The van der Waals surface area contributed by atoms with Crippen LogP contribution in [0.3, 0.4) is 0 Å². The normalized spacial score (nSPS) is 19.5. The van der Waals surface area contributed by atoms with Crippen LogP contribution in [0.15, 0.2) is 18.2 Å². The van der Waals surface area contributed by atoms with Crippen molar-refractivity contribution in [1.29, 1.82) is 0 Å². The third-order valence-corrected chi connectivity index (χ3v) is 4.98. The van der Waals surface area contributed by atoms with Gasteiger partial charge >= 0.3 is 12.4 Å². The number of benzene rings is 1. The van der Waals surface area contributed by atoms with Gasteiger partial charge in [0.2, 0.25) is 5.91 Å². The Morgan fingerprint density at radius 1 is 0.846 bits per heavy atom. The van der Waals surface area contributed by atoms with Gasteiger partial charge in [-0.05, 0) is 31.0 Å². The lowest BCUT2D eigenvalue weighted by Crippen LogP contribution is -2.51. The average molecular weight is 380 g/mol. The van der Waals surface area contributed by atoms with Gasteiger partial charge in [-0.15, -0.1) is 0 Å². The van der Waals surface area contributed by atoms with Crippen molar-refractivity contribution in [2.75, 3.05) is 31.1 Å². The molecule has 0 spiro atoms. The summed E-state index contributed by atoms with van der Waals surface area (Å²) >= 11 is 0. The third kappa shape index (κ3) is 3.91. The average Bonchev–Trinajstić information content (AvgIpc) is 2.51. The molecule has 0 N–H and O–H groups in total. The number of halogens is 6. The highest BCUT2D eigenvalue weighted by molar-refractivity contribution is 5.80. The molecule has 1 heterocycles. The Labute approximate surface area is 146 Å². The van der Waals surface area contributed by atoms with Gasteiger partial charge in [-0.2, -0.15) is 26.3 Å². The van der Waals surface area contributed by atoms with Crippen molar-refractivity contribution in [1.82, 2.24) is 4.90 Å². The van der Waals surface area contributed by atoms with E-state index in [1.54, 1.807) is 4.90 Å². The molecule has 144 valence electrons. The number of hydrogen-bond donors (Lipinski definition) is 0. The Hall–Kier alpha value is -1.93. The molecule has 9 heteroatoms. The molecule has 0 aromatic heterocycles. The van der Waals surface area contributed by atoms with E-state index >= 15 is 0 Å². The van der Waals surface area contributed by atoms with Gasteiger partial charge in [0.15, 0.2) is 0 Å². The number of carbonyl (C=O) groups excluding carboxylic acids is 1. The van der Waals surface area contributed by atoms with Crippen LogP contribution in [0.4, 0.5) is 32.0 Å². The Bertz CT molecular complexity index is 641. The van der Waals surface area contributed by atoms with Gasteiger partial charge in [0.05, 0.1) is 11.1 Å². The first-order valence-electron chi connectivity index (χ1n) is 8.39. The zero-order valence-electron chi connectivity index (χ0n) is 13.8. The molecule has 0 radical (unpaired) electrons. The molecule has 1 aromatic rings. The third-order valence-electron chi connectivity index (χ3n) is 4.98. The SMILES string of the molecule is O=C(C1CCC1)N1CCN(c2cc(C(F)(F)F)cc(C(F)(F)F)c2)CC1. The minimum Gasteiger partial charge on any atom is -0.368 e. The summed E-state index contributed by atoms with van der Waals surface area (Å²) in [5, 5.41) is 0. The highest BCUT2D eigenvalue weighted by Crippen LogP contribution is 2.38. The van der Waals surface area contributed by atoms with Gasteiger partial charge < -0.3 is 9.80 Å². The molecular formula is C17H18F6N2O. The molecule has 1 amide bonds. The summed E-state index contributed by atoms with van der Waals surface area (Å²) in [6, 6.07) is 1.59. The van der Waals surface area contributed by atoms with Crippen molar-refractivity contribution in [3.8, 4) is 0 Å². The van der Waals surface area contributed by atoms with Crippen LogP contribution >= 0.6 is 0 Å². The van der Waals surface area contributed by atoms with Gasteiger partial charge in [0.25, 0.3) is 0 Å². The number of carbonyl (C=O) groups is 1. The van der Waals surface area contributed by atoms with Crippen molar-refractivity contribution < 1.29 is 31.1 Å². The van der Waals surface area contributed by atoms with E-state index in [4.69, 9.17) is 0 Å². The Morgan fingerprint density at radius 3 is 1.73 bits per heavy atom. The highest BCUT2D eigenvalue weighted by atomic mass is 19.4. The molecular weight excluding hydrogens is 362 g/mol. The van der Waals surface area contributed by atoms with E-state index in [0.29, 0.717) is 13.1 Å². The maximum Gasteiger partial charge on any atom is 0.416 e. The van der Waals surface area contributed by atoms with E-state index in [-0.39, 0.29) is 36.7 Å². The molecule has 2 fully saturated rings. The fourth-order valence-electron chi connectivity index (χ4n) is 3.22. The minimum atomic E-state index is -4.86. The first-order valence-corrected chi connectivity index (χ1v) is 8.39. The van der Waals surface area contributed by atoms with Crippen LogP contribution in [0.25, 0.3) is 0 Å². The topological polar surface area (TPSA) is 23.6 Å². The molecule has 3 rings (SSSR count). The standard InChI is InChI=1S/C17H18F6N2O/c18-16(19,20)12-8-13(17(21,22)23)10-14(9-12)24-4-6-25(7-5-24)15(26)11-2-1-3-11/h8-11H,1-7H2. The van der Waals surface area contributed by atoms with E-state index in [1.165, 1.54) is 4.90 Å². The number of alkyl halides is 6. The summed E-state index contributed by atoms with van der Waals surface area (Å²) in [5.74, 6) is 0.0582. The van der Waals surface area contributed by atoms with Crippen LogP contribution in [0.2, 0.25) is 0 Å². The van der Waals surface area contributed by atoms with Crippen molar-refractivity contribution in [3.63, 3.8) is 0 Å². The van der Waals surface area contributed by atoms with Crippen molar-refractivity contribution in [3.05, 3.63) is 29.3 Å². The van der Waals surface area contributed by atoms with Gasteiger partial charge in [0, 0.05) is 37.8 Å². The van der Waals surface area contributed by atoms with E-state index in [0.717, 1.165) is 31.4 Å². The lowest BCUT2D eigenvalue weighted by atomic mass is 9.84. The smallest absolute Gasteiger partial charge is 0.368 e. The van der Waals surface area contributed by atoms with E-state index in [9.17, 15) is 31.1 Å². The predicted octanol–water partition coefficient (Wildman–Crippen LogP) is 4.17. The van der Waals surface area contributed by atoms with E-state index in [1.807, 2.05) is 0 Å². The van der Waals surface area contributed by atoms with Crippen LogP contribution in [0.1, 0.15) is 30.4 Å². The number of anilines is 1. The second-order valence-electron chi connectivity index (χ2n) is 6.70. The fraction of sp³-hybridized carbons (Fsp3) is 0.588. The van der Waals surface area contributed by atoms with Crippen LogP contribution < -0.4 is 4.90 Å². The van der Waals surface area contributed by atoms with Gasteiger partial charge in [-0.3, -0.25) is 4.79 Å². The summed E-state index contributed by atoms with van der Waals surface area (Å²) in [6.07, 6.45) is -7.01. The molecule has 3 nitrogen and oxygen atoms in total.